The van der Waals surface area contributed by atoms with Crippen LogP contribution in [0, 0.1) is 0 Å². The molecule has 1 aliphatic heterocycles. The molecule has 2 N–H and O–H groups in total. The molecule has 3 amide bonds. The number of rotatable bonds is 16. The van der Waals surface area contributed by atoms with E-state index in [2.05, 4.69) is 22.1 Å². The van der Waals surface area contributed by atoms with Gasteiger partial charge in [0.25, 0.3) is 5.91 Å². The van der Waals surface area contributed by atoms with Gasteiger partial charge >= 0.3 is 12.1 Å². The first-order valence-corrected chi connectivity index (χ1v) is 15.6. The fourth-order valence-corrected chi connectivity index (χ4v) is 5.05. The summed E-state index contributed by atoms with van der Waals surface area (Å²) in [6.45, 7) is 4.54. The highest BCUT2D eigenvalue weighted by atomic mass is 16.6. The van der Waals surface area contributed by atoms with Gasteiger partial charge in [0.15, 0.2) is 0 Å². The molecule has 3 rings (SSSR count). The van der Waals surface area contributed by atoms with Gasteiger partial charge in [-0.25, -0.2) is 9.78 Å². The van der Waals surface area contributed by atoms with Gasteiger partial charge in [0.05, 0.1) is 12.3 Å². The zero-order valence-corrected chi connectivity index (χ0v) is 26.3. The minimum absolute atomic E-state index is 0.0602. The number of carbonyl (C=O) groups is 4. The summed E-state index contributed by atoms with van der Waals surface area (Å²) in [6.07, 6.45) is 4.81. The van der Waals surface area contributed by atoms with Gasteiger partial charge in [0.2, 0.25) is 5.91 Å². The Balaban J connectivity index is 1.71. The number of carbonyl (C=O) groups excluding carboxylic acids is 3. The molecule has 240 valence electrons. The third kappa shape index (κ3) is 11.3. The van der Waals surface area contributed by atoms with Gasteiger partial charge in [-0.05, 0) is 70.4 Å². The topological polar surface area (TPSA) is 132 Å². The number of aliphatic carboxylic acids is 1. The van der Waals surface area contributed by atoms with Crippen LogP contribution in [0.4, 0.5) is 4.79 Å². The summed E-state index contributed by atoms with van der Waals surface area (Å²) in [5.41, 5.74) is 2.68. The van der Waals surface area contributed by atoms with Gasteiger partial charge in [-0.15, -0.1) is 0 Å². The highest BCUT2D eigenvalue weighted by Gasteiger charge is 2.31. The molecular formula is C33H47N5O6. The Bertz CT molecular complexity index is 1230. The number of ether oxygens (including phenoxy) is 1. The Morgan fingerprint density at radius 2 is 1.68 bits per heavy atom. The van der Waals surface area contributed by atoms with Gasteiger partial charge in [0, 0.05) is 38.2 Å². The van der Waals surface area contributed by atoms with Crippen molar-refractivity contribution in [2.75, 3.05) is 53.4 Å². The van der Waals surface area contributed by atoms with E-state index in [-0.39, 0.29) is 37.5 Å². The second-order valence-corrected chi connectivity index (χ2v) is 11.5. The molecule has 44 heavy (non-hydrogen) atoms. The number of pyridine rings is 1. The van der Waals surface area contributed by atoms with E-state index in [4.69, 9.17) is 4.74 Å². The van der Waals surface area contributed by atoms with Crippen molar-refractivity contribution in [1.82, 2.24) is 25.0 Å². The van der Waals surface area contributed by atoms with Crippen LogP contribution in [-0.4, -0.2) is 108 Å². The number of benzene rings is 1. The number of nitrogens with zero attached hydrogens (tertiary/aromatic N) is 4. The Morgan fingerprint density at radius 1 is 0.977 bits per heavy atom. The number of carboxylic acids is 1. The molecule has 1 aromatic heterocycles. The van der Waals surface area contributed by atoms with Gasteiger partial charge in [-0.3, -0.25) is 14.4 Å². The molecule has 11 nitrogen and oxygen atoms in total. The molecule has 0 aliphatic carbocycles. The standard InChI is InChI=1S/C33H47N5O6/c1-4-5-11-22-44-33(43)38-20-18-37(19-21-38)32(42)27(15-16-30(39)40)35-31(41)29-24-25(12-9-10-17-36(2)3)23-28(34-29)26-13-7-6-8-14-26/h6-8,13-14,23-24,27H,4-5,9-12,15-22H2,1-3H3,(H,35,41)(H,39,40)/t27-/m0/s1. The van der Waals surface area contributed by atoms with Crippen molar-refractivity contribution in [3.05, 3.63) is 53.7 Å². The fourth-order valence-electron chi connectivity index (χ4n) is 5.05. The maximum Gasteiger partial charge on any atom is 0.409 e. The molecule has 1 fully saturated rings. The summed E-state index contributed by atoms with van der Waals surface area (Å²) in [5.74, 6) is -1.97. The van der Waals surface area contributed by atoms with Gasteiger partial charge < -0.3 is 29.9 Å². The summed E-state index contributed by atoms with van der Waals surface area (Å²) < 4.78 is 5.34. The van der Waals surface area contributed by atoms with Crippen LogP contribution >= 0.6 is 0 Å². The number of unbranched alkanes of at least 4 members (excludes halogenated alkanes) is 3. The lowest BCUT2D eigenvalue weighted by Gasteiger charge is -2.36. The maximum atomic E-state index is 13.6. The van der Waals surface area contributed by atoms with Gasteiger partial charge in [-0.2, -0.15) is 0 Å². The Hall–Kier alpha value is -3.99. The van der Waals surface area contributed by atoms with Crippen molar-refractivity contribution < 1.29 is 29.0 Å². The molecule has 1 atom stereocenters. The number of hydrogen-bond donors (Lipinski definition) is 2. The predicted octanol–water partition coefficient (Wildman–Crippen LogP) is 4.07. The minimum Gasteiger partial charge on any atom is -0.481 e. The van der Waals surface area contributed by atoms with E-state index in [9.17, 15) is 24.3 Å². The molecule has 2 aromatic rings. The first-order valence-electron chi connectivity index (χ1n) is 15.6. The lowest BCUT2D eigenvalue weighted by atomic mass is 10.0. The van der Waals surface area contributed by atoms with Crippen molar-refractivity contribution in [3.63, 3.8) is 0 Å². The summed E-state index contributed by atoms with van der Waals surface area (Å²) in [7, 11) is 4.07. The SMILES string of the molecule is CCCCCOC(=O)N1CCN(C(=O)[C@H](CCC(=O)O)NC(=O)c2cc(CCCCN(C)C)cc(-c3ccccc3)n2)CC1. The monoisotopic (exact) mass is 609 g/mol. The molecule has 0 radical (unpaired) electrons. The number of nitrogens with one attached hydrogen (secondary N) is 1. The van der Waals surface area contributed by atoms with E-state index in [0.29, 0.717) is 25.4 Å². The molecule has 0 unspecified atom stereocenters. The third-order valence-electron chi connectivity index (χ3n) is 7.58. The average Bonchev–Trinajstić information content (AvgIpc) is 3.03. The van der Waals surface area contributed by atoms with Crippen LogP contribution in [0.2, 0.25) is 0 Å². The average molecular weight is 610 g/mol. The van der Waals surface area contributed by atoms with E-state index < -0.39 is 24.0 Å². The van der Waals surface area contributed by atoms with Crippen molar-refractivity contribution in [3.8, 4) is 11.3 Å². The molecule has 2 heterocycles. The Kier molecular flexibility index (Phi) is 14.1. The molecule has 1 saturated heterocycles. The first-order chi connectivity index (χ1) is 21.2. The summed E-state index contributed by atoms with van der Waals surface area (Å²) in [4.78, 5) is 60.8. The normalized spacial score (nSPS) is 13.9. The lowest BCUT2D eigenvalue weighted by Crippen LogP contribution is -2.56. The van der Waals surface area contributed by atoms with Gasteiger partial charge in [-0.1, -0.05) is 50.1 Å². The largest absolute Gasteiger partial charge is 0.481 e. The number of aryl methyl sites for hydroxylation is 1. The van der Waals surface area contributed by atoms with E-state index in [1.165, 1.54) is 0 Å². The number of aromatic nitrogens is 1. The maximum absolute atomic E-state index is 13.6. The van der Waals surface area contributed by atoms with Gasteiger partial charge in [0.1, 0.15) is 11.7 Å². The van der Waals surface area contributed by atoms with Crippen molar-refractivity contribution >= 4 is 23.9 Å². The van der Waals surface area contributed by atoms with Crippen LogP contribution in [0.15, 0.2) is 42.5 Å². The van der Waals surface area contributed by atoms with E-state index in [1.54, 1.807) is 15.9 Å². The van der Waals surface area contributed by atoms with Crippen molar-refractivity contribution in [2.45, 2.75) is 64.3 Å². The Labute approximate surface area is 260 Å². The Morgan fingerprint density at radius 3 is 2.34 bits per heavy atom. The van der Waals surface area contributed by atoms with E-state index in [1.807, 2.05) is 50.5 Å². The zero-order valence-electron chi connectivity index (χ0n) is 26.3. The number of piperazine rings is 1. The van der Waals surface area contributed by atoms with Crippen molar-refractivity contribution in [1.29, 1.82) is 0 Å². The summed E-state index contributed by atoms with van der Waals surface area (Å²) in [6, 6.07) is 12.3. The van der Waals surface area contributed by atoms with Crippen LogP contribution in [0.5, 0.6) is 0 Å². The summed E-state index contributed by atoms with van der Waals surface area (Å²) >= 11 is 0. The second-order valence-electron chi connectivity index (χ2n) is 11.5. The van der Waals surface area contributed by atoms with Crippen LogP contribution in [0.3, 0.4) is 0 Å². The van der Waals surface area contributed by atoms with E-state index >= 15 is 0 Å². The fraction of sp³-hybridized carbons (Fsp3) is 0.545. The first kappa shape index (κ1) is 34.5. The zero-order chi connectivity index (χ0) is 31.9. The quantitative estimate of drug-likeness (QED) is 0.272. The minimum atomic E-state index is -1.06. The molecule has 0 saturated carbocycles. The lowest BCUT2D eigenvalue weighted by molar-refractivity contribution is -0.138. The molecule has 11 heteroatoms. The smallest absolute Gasteiger partial charge is 0.409 e. The van der Waals surface area contributed by atoms with Crippen LogP contribution in [0.25, 0.3) is 11.3 Å². The summed E-state index contributed by atoms with van der Waals surface area (Å²) in [5, 5.41) is 12.1. The van der Waals surface area contributed by atoms with Crippen LogP contribution < -0.4 is 5.32 Å². The van der Waals surface area contributed by atoms with E-state index in [0.717, 1.165) is 56.2 Å². The number of amides is 3. The molecular weight excluding hydrogens is 562 g/mol. The van der Waals surface area contributed by atoms with Crippen LogP contribution in [0.1, 0.15) is 67.9 Å². The molecule has 0 bridgehead atoms. The molecule has 0 spiro atoms. The predicted molar refractivity (Wildman–Crippen MR) is 168 cm³/mol. The second kappa shape index (κ2) is 18.0. The number of carboxylic acid groups (broad SMARTS) is 1. The third-order valence-corrected chi connectivity index (χ3v) is 7.58. The molecule has 1 aromatic carbocycles. The number of hydrogen-bond acceptors (Lipinski definition) is 7. The highest BCUT2D eigenvalue weighted by Crippen LogP contribution is 2.21. The highest BCUT2D eigenvalue weighted by molar-refractivity contribution is 5.97. The van der Waals surface area contributed by atoms with Crippen molar-refractivity contribution in [2.24, 2.45) is 0 Å². The molecule has 1 aliphatic rings. The van der Waals surface area contributed by atoms with Crippen LogP contribution in [-0.2, 0) is 20.7 Å².